The number of rotatable bonds is 7. The number of carbonyl (C=O) groups excluding carboxylic acids is 1. The minimum atomic E-state index is 0. The molecule has 0 aliphatic heterocycles. The maximum atomic E-state index is 12.1. The van der Waals surface area contributed by atoms with Crippen LogP contribution < -0.4 is 5.32 Å². The quantitative estimate of drug-likeness (QED) is 0.257. The Morgan fingerprint density at radius 1 is 1.07 bits per heavy atom. The average molecular weight is 526 g/mol. The van der Waals surface area contributed by atoms with Gasteiger partial charge in [0.15, 0.2) is 5.96 Å². The van der Waals surface area contributed by atoms with Gasteiger partial charge in [0.05, 0.1) is 0 Å². The summed E-state index contributed by atoms with van der Waals surface area (Å²) in [6.45, 7) is 1.54. The highest BCUT2D eigenvalue weighted by Crippen LogP contribution is 2.15. The highest BCUT2D eigenvalue weighted by molar-refractivity contribution is 14.0. The van der Waals surface area contributed by atoms with E-state index in [1.807, 2.05) is 31.3 Å². The van der Waals surface area contributed by atoms with Gasteiger partial charge in [-0.3, -0.25) is 9.79 Å². The standard InChI is InChI=1S/C22H30N4OS.HI/c1-23-22(26(4)16-18-9-11-20(28-5)12-10-18)24-14-13-17-7-6-8-19(15-17)21(27)25(2)3;/h6-12,15H,13-14,16H2,1-5H3,(H,23,24);1H. The van der Waals surface area contributed by atoms with E-state index in [9.17, 15) is 4.79 Å². The van der Waals surface area contributed by atoms with Gasteiger partial charge in [-0.25, -0.2) is 0 Å². The Kier molecular flexibility index (Phi) is 11.1. The summed E-state index contributed by atoms with van der Waals surface area (Å²) in [5.41, 5.74) is 3.10. The summed E-state index contributed by atoms with van der Waals surface area (Å²) in [7, 11) is 7.37. The first kappa shape index (κ1) is 25.3. The van der Waals surface area contributed by atoms with Crippen LogP contribution in [0.15, 0.2) is 58.4 Å². The van der Waals surface area contributed by atoms with Crippen LogP contribution in [0.1, 0.15) is 21.5 Å². The van der Waals surface area contributed by atoms with Crippen molar-refractivity contribution in [3.05, 3.63) is 65.2 Å². The number of aliphatic imine (C=N–C) groups is 1. The van der Waals surface area contributed by atoms with Crippen LogP contribution >= 0.6 is 35.7 Å². The van der Waals surface area contributed by atoms with Crippen molar-refractivity contribution in [2.45, 2.75) is 17.9 Å². The zero-order valence-electron chi connectivity index (χ0n) is 17.8. The van der Waals surface area contributed by atoms with Crippen LogP contribution in [0.2, 0.25) is 0 Å². The first-order valence-corrected chi connectivity index (χ1v) is 10.5. The van der Waals surface area contributed by atoms with E-state index in [-0.39, 0.29) is 29.9 Å². The summed E-state index contributed by atoms with van der Waals surface area (Å²) in [6.07, 6.45) is 2.91. The first-order valence-electron chi connectivity index (χ1n) is 9.30. The van der Waals surface area contributed by atoms with Crippen molar-refractivity contribution < 1.29 is 4.79 Å². The normalized spacial score (nSPS) is 10.9. The van der Waals surface area contributed by atoms with Gasteiger partial charge in [-0.1, -0.05) is 24.3 Å². The second-order valence-corrected chi connectivity index (χ2v) is 7.71. The number of hydrogen-bond acceptors (Lipinski definition) is 3. The van der Waals surface area contributed by atoms with Crippen LogP contribution in [0.5, 0.6) is 0 Å². The molecular formula is C22H31IN4OS. The van der Waals surface area contributed by atoms with Gasteiger partial charge in [0.1, 0.15) is 0 Å². The zero-order valence-corrected chi connectivity index (χ0v) is 21.0. The molecule has 1 amide bonds. The Morgan fingerprint density at radius 3 is 2.34 bits per heavy atom. The molecule has 5 nitrogen and oxygen atoms in total. The minimum absolute atomic E-state index is 0. The number of hydrogen-bond donors (Lipinski definition) is 1. The van der Waals surface area contributed by atoms with Crippen LogP contribution in [0.25, 0.3) is 0 Å². The third-order valence-electron chi connectivity index (χ3n) is 4.43. The van der Waals surface area contributed by atoms with Crippen molar-refractivity contribution in [2.24, 2.45) is 4.99 Å². The Hall–Kier alpha value is -1.74. The number of nitrogens with zero attached hydrogens (tertiary/aromatic N) is 3. The smallest absolute Gasteiger partial charge is 0.253 e. The van der Waals surface area contributed by atoms with Crippen molar-refractivity contribution in [2.75, 3.05) is 41.0 Å². The van der Waals surface area contributed by atoms with Crippen molar-refractivity contribution >= 4 is 47.6 Å². The van der Waals surface area contributed by atoms with Crippen LogP contribution in [0, 0.1) is 0 Å². The van der Waals surface area contributed by atoms with Crippen LogP contribution in [-0.2, 0) is 13.0 Å². The second kappa shape index (κ2) is 12.7. The van der Waals surface area contributed by atoms with E-state index in [4.69, 9.17) is 0 Å². The summed E-state index contributed by atoms with van der Waals surface area (Å²) in [6, 6.07) is 16.4. The molecule has 158 valence electrons. The molecule has 0 radical (unpaired) electrons. The molecule has 2 aromatic rings. The minimum Gasteiger partial charge on any atom is -0.356 e. The van der Waals surface area contributed by atoms with Crippen molar-refractivity contribution in [1.82, 2.24) is 15.1 Å². The molecule has 0 aliphatic carbocycles. The number of guanidine groups is 1. The van der Waals surface area contributed by atoms with E-state index < -0.39 is 0 Å². The number of thioether (sulfide) groups is 1. The molecule has 0 atom stereocenters. The molecule has 0 saturated heterocycles. The van der Waals surface area contributed by atoms with E-state index >= 15 is 0 Å². The van der Waals surface area contributed by atoms with Gasteiger partial charge >= 0.3 is 0 Å². The fourth-order valence-electron chi connectivity index (χ4n) is 2.90. The lowest BCUT2D eigenvalue weighted by atomic mass is 10.1. The monoisotopic (exact) mass is 526 g/mol. The number of benzene rings is 2. The van der Waals surface area contributed by atoms with Gasteiger partial charge in [0.2, 0.25) is 0 Å². The Morgan fingerprint density at radius 2 is 1.76 bits per heavy atom. The topological polar surface area (TPSA) is 47.9 Å². The Bertz CT molecular complexity index is 809. The Balaban J connectivity index is 0.00000420. The van der Waals surface area contributed by atoms with Crippen molar-refractivity contribution in [3.63, 3.8) is 0 Å². The number of carbonyl (C=O) groups is 1. The maximum absolute atomic E-state index is 12.1. The molecule has 0 bridgehead atoms. The van der Waals surface area contributed by atoms with Crippen molar-refractivity contribution in [1.29, 1.82) is 0 Å². The summed E-state index contributed by atoms with van der Waals surface area (Å²) >= 11 is 1.75. The molecule has 0 heterocycles. The molecule has 2 aromatic carbocycles. The second-order valence-electron chi connectivity index (χ2n) is 6.83. The van der Waals surface area contributed by atoms with E-state index in [0.29, 0.717) is 0 Å². The average Bonchev–Trinajstić information content (AvgIpc) is 2.71. The van der Waals surface area contributed by atoms with Gasteiger partial charge in [0, 0.05) is 51.7 Å². The molecule has 0 fully saturated rings. The van der Waals surface area contributed by atoms with E-state index in [1.165, 1.54) is 10.5 Å². The molecule has 2 rings (SSSR count). The highest BCUT2D eigenvalue weighted by Gasteiger charge is 2.09. The number of halogens is 1. The Labute approximate surface area is 196 Å². The molecule has 0 aromatic heterocycles. The van der Waals surface area contributed by atoms with Crippen LogP contribution in [-0.4, -0.2) is 62.7 Å². The molecule has 0 spiro atoms. The highest BCUT2D eigenvalue weighted by atomic mass is 127. The van der Waals surface area contributed by atoms with Gasteiger partial charge in [-0.05, 0) is 48.1 Å². The summed E-state index contributed by atoms with van der Waals surface area (Å²) in [5.74, 6) is 0.882. The lowest BCUT2D eigenvalue weighted by molar-refractivity contribution is 0.0827. The molecule has 0 aliphatic rings. The zero-order chi connectivity index (χ0) is 20.5. The van der Waals surface area contributed by atoms with E-state index in [2.05, 4.69) is 45.7 Å². The lowest BCUT2D eigenvalue weighted by Crippen LogP contribution is -2.39. The van der Waals surface area contributed by atoms with Gasteiger partial charge < -0.3 is 15.1 Å². The van der Waals surface area contributed by atoms with Gasteiger partial charge in [0.25, 0.3) is 5.91 Å². The lowest BCUT2D eigenvalue weighted by Gasteiger charge is -2.22. The van der Waals surface area contributed by atoms with Gasteiger partial charge in [-0.15, -0.1) is 35.7 Å². The van der Waals surface area contributed by atoms with E-state index in [0.717, 1.165) is 36.6 Å². The molecule has 29 heavy (non-hydrogen) atoms. The number of nitrogens with one attached hydrogen (secondary N) is 1. The SMILES string of the molecule is CN=C(NCCc1cccc(C(=O)N(C)C)c1)N(C)Cc1ccc(SC)cc1.I. The molecule has 0 saturated carbocycles. The summed E-state index contributed by atoms with van der Waals surface area (Å²) < 4.78 is 0. The first-order chi connectivity index (χ1) is 13.4. The summed E-state index contributed by atoms with van der Waals surface area (Å²) in [5, 5.41) is 3.41. The largest absolute Gasteiger partial charge is 0.356 e. The summed E-state index contributed by atoms with van der Waals surface area (Å²) in [4.78, 5) is 21.5. The van der Waals surface area contributed by atoms with Crippen LogP contribution in [0.3, 0.4) is 0 Å². The van der Waals surface area contributed by atoms with Crippen LogP contribution in [0.4, 0.5) is 0 Å². The third kappa shape index (κ3) is 7.89. The van der Waals surface area contributed by atoms with Crippen molar-refractivity contribution in [3.8, 4) is 0 Å². The maximum Gasteiger partial charge on any atom is 0.253 e. The predicted octanol–water partition coefficient (Wildman–Crippen LogP) is 3.98. The fourth-order valence-corrected chi connectivity index (χ4v) is 3.31. The fraction of sp³-hybridized carbons (Fsp3) is 0.364. The van der Waals surface area contributed by atoms with E-state index in [1.54, 1.807) is 37.8 Å². The third-order valence-corrected chi connectivity index (χ3v) is 5.17. The van der Waals surface area contributed by atoms with Gasteiger partial charge in [-0.2, -0.15) is 0 Å². The number of amides is 1. The predicted molar refractivity (Wildman–Crippen MR) is 135 cm³/mol. The molecule has 1 N–H and O–H groups in total. The molecule has 7 heteroatoms. The molecule has 0 unspecified atom stereocenters. The molecular weight excluding hydrogens is 495 g/mol.